The number of hydrogen-bond donors (Lipinski definition) is 1. The Morgan fingerprint density at radius 3 is 2.68 bits per heavy atom. The first kappa shape index (κ1) is 13.2. The van der Waals surface area contributed by atoms with E-state index in [-0.39, 0.29) is 17.5 Å². The van der Waals surface area contributed by atoms with Crippen LogP contribution < -0.4 is 10.5 Å². The summed E-state index contributed by atoms with van der Waals surface area (Å²) >= 11 is 5.97. The van der Waals surface area contributed by atoms with Crippen molar-refractivity contribution in [3.63, 3.8) is 0 Å². The van der Waals surface area contributed by atoms with Gasteiger partial charge in [-0.1, -0.05) is 11.6 Å². The minimum absolute atomic E-state index is 0.150. The van der Waals surface area contributed by atoms with Gasteiger partial charge in [-0.15, -0.1) is 0 Å². The van der Waals surface area contributed by atoms with Crippen molar-refractivity contribution in [2.24, 2.45) is 5.73 Å². The Hall–Kier alpha value is -0.780. The summed E-state index contributed by atoms with van der Waals surface area (Å²) in [5.74, 6) is 1.10. The molecule has 0 aliphatic carbocycles. The van der Waals surface area contributed by atoms with Crippen molar-refractivity contribution in [1.29, 1.82) is 0 Å². The molecule has 1 unspecified atom stereocenters. The van der Waals surface area contributed by atoms with E-state index in [0.717, 1.165) is 11.3 Å². The van der Waals surface area contributed by atoms with Gasteiger partial charge in [-0.05, 0) is 18.2 Å². The van der Waals surface area contributed by atoms with E-state index in [1.807, 2.05) is 12.1 Å². The summed E-state index contributed by atoms with van der Waals surface area (Å²) in [5.41, 5.74) is 6.68. The molecule has 0 aromatic heterocycles. The second kappa shape index (κ2) is 4.36. The van der Waals surface area contributed by atoms with Crippen LogP contribution in [0.15, 0.2) is 18.2 Å². The number of fused-ring (bicyclic) bond motifs is 1. The first-order chi connectivity index (χ1) is 8.89. The lowest BCUT2D eigenvalue weighted by atomic mass is 9.83. The van der Waals surface area contributed by atoms with Gasteiger partial charge in [0, 0.05) is 35.9 Å². The zero-order valence-corrected chi connectivity index (χ0v) is 12.0. The van der Waals surface area contributed by atoms with Crippen molar-refractivity contribution in [2.75, 3.05) is 11.5 Å². The van der Waals surface area contributed by atoms with Crippen molar-refractivity contribution < 1.29 is 13.2 Å². The highest BCUT2D eigenvalue weighted by molar-refractivity contribution is 7.91. The van der Waals surface area contributed by atoms with E-state index in [0.29, 0.717) is 24.3 Å². The first-order valence-electron chi connectivity index (χ1n) is 6.34. The Bertz CT molecular complexity index is 600. The van der Waals surface area contributed by atoms with Gasteiger partial charge in [0.05, 0.1) is 11.5 Å². The Kier molecular flexibility index (Phi) is 3.04. The SMILES string of the molecule is NC1CC2(CCS(=O)(=O)CC2)Oc2ccc(Cl)cc21. The van der Waals surface area contributed by atoms with E-state index < -0.39 is 15.4 Å². The lowest BCUT2D eigenvalue weighted by molar-refractivity contribution is 0.0264. The lowest BCUT2D eigenvalue weighted by Gasteiger charge is -2.43. The number of nitrogens with two attached hydrogens (primary N) is 1. The van der Waals surface area contributed by atoms with Gasteiger partial charge < -0.3 is 10.5 Å². The third-order valence-electron chi connectivity index (χ3n) is 4.03. The summed E-state index contributed by atoms with van der Waals surface area (Å²) in [6, 6.07) is 5.27. The number of halogens is 1. The van der Waals surface area contributed by atoms with Crippen molar-refractivity contribution in [1.82, 2.24) is 0 Å². The van der Waals surface area contributed by atoms with Gasteiger partial charge in [0.15, 0.2) is 9.84 Å². The van der Waals surface area contributed by atoms with E-state index in [9.17, 15) is 8.42 Å². The maximum atomic E-state index is 11.5. The van der Waals surface area contributed by atoms with E-state index in [4.69, 9.17) is 22.1 Å². The normalized spacial score (nSPS) is 27.6. The van der Waals surface area contributed by atoms with Crippen LogP contribution in [0.2, 0.25) is 5.02 Å². The molecular formula is C13H16ClNO3S. The molecule has 0 amide bonds. The highest BCUT2D eigenvalue weighted by Crippen LogP contribution is 2.44. The predicted molar refractivity (Wildman–Crippen MR) is 74.2 cm³/mol. The van der Waals surface area contributed by atoms with E-state index in [2.05, 4.69) is 0 Å². The fourth-order valence-electron chi connectivity index (χ4n) is 2.90. The molecule has 0 bridgehead atoms. The lowest BCUT2D eigenvalue weighted by Crippen LogP contribution is -2.48. The van der Waals surface area contributed by atoms with Crippen molar-refractivity contribution in [2.45, 2.75) is 30.9 Å². The molecule has 1 saturated heterocycles. The van der Waals surface area contributed by atoms with Crippen LogP contribution >= 0.6 is 11.6 Å². The molecule has 0 saturated carbocycles. The van der Waals surface area contributed by atoms with Crippen LogP contribution in [0.4, 0.5) is 0 Å². The first-order valence-corrected chi connectivity index (χ1v) is 8.54. The number of rotatable bonds is 0. The molecule has 6 heteroatoms. The third kappa shape index (κ3) is 2.47. The number of sulfone groups is 1. The molecular weight excluding hydrogens is 286 g/mol. The largest absolute Gasteiger partial charge is 0.487 e. The molecule has 104 valence electrons. The van der Waals surface area contributed by atoms with E-state index >= 15 is 0 Å². The van der Waals surface area contributed by atoms with Gasteiger partial charge in [0.2, 0.25) is 0 Å². The van der Waals surface area contributed by atoms with E-state index in [1.165, 1.54) is 0 Å². The monoisotopic (exact) mass is 301 g/mol. The molecule has 4 nitrogen and oxygen atoms in total. The summed E-state index contributed by atoms with van der Waals surface area (Å²) in [6.07, 6.45) is 1.69. The van der Waals surface area contributed by atoms with Crippen LogP contribution in [0.3, 0.4) is 0 Å². The van der Waals surface area contributed by atoms with Gasteiger partial charge in [-0.25, -0.2) is 8.42 Å². The van der Waals surface area contributed by atoms with Gasteiger partial charge in [0.25, 0.3) is 0 Å². The van der Waals surface area contributed by atoms with Crippen molar-refractivity contribution in [3.05, 3.63) is 28.8 Å². The van der Waals surface area contributed by atoms with Gasteiger partial charge in [-0.2, -0.15) is 0 Å². The summed E-state index contributed by atoms with van der Waals surface area (Å²) in [7, 11) is -2.90. The van der Waals surface area contributed by atoms with Crippen molar-refractivity contribution >= 4 is 21.4 Å². The zero-order valence-electron chi connectivity index (χ0n) is 10.4. The molecule has 1 atom stereocenters. The predicted octanol–water partition coefficient (Wildman–Crippen LogP) is 2.07. The quantitative estimate of drug-likeness (QED) is 0.796. The molecule has 0 radical (unpaired) electrons. The molecule has 1 fully saturated rings. The third-order valence-corrected chi connectivity index (χ3v) is 5.91. The standard InChI is InChI=1S/C13H16ClNO3S/c14-9-1-2-12-10(7-9)11(15)8-13(18-12)3-5-19(16,17)6-4-13/h1-2,7,11H,3-6,8,15H2. The average molecular weight is 302 g/mol. The smallest absolute Gasteiger partial charge is 0.150 e. The molecule has 1 aromatic rings. The van der Waals surface area contributed by atoms with Crippen LogP contribution in [0, 0.1) is 0 Å². The van der Waals surface area contributed by atoms with Gasteiger partial charge in [-0.3, -0.25) is 0 Å². The second-order valence-corrected chi connectivity index (χ2v) is 8.17. The van der Waals surface area contributed by atoms with Crippen LogP contribution in [0.25, 0.3) is 0 Å². The summed E-state index contributed by atoms with van der Waals surface area (Å²) in [6.45, 7) is 0. The van der Waals surface area contributed by atoms with Crippen LogP contribution in [-0.4, -0.2) is 25.5 Å². The van der Waals surface area contributed by atoms with Gasteiger partial charge in [0.1, 0.15) is 11.4 Å². The molecule has 2 aliphatic heterocycles. The second-order valence-electron chi connectivity index (χ2n) is 5.43. The van der Waals surface area contributed by atoms with E-state index in [1.54, 1.807) is 6.07 Å². The van der Waals surface area contributed by atoms with Crippen LogP contribution in [0.1, 0.15) is 30.9 Å². The summed E-state index contributed by atoms with van der Waals surface area (Å²) in [4.78, 5) is 0. The highest BCUT2D eigenvalue weighted by Gasteiger charge is 2.44. The molecule has 1 aromatic carbocycles. The van der Waals surface area contributed by atoms with Gasteiger partial charge >= 0.3 is 0 Å². The Balaban J connectivity index is 1.91. The topological polar surface area (TPSA) is 69.4 Å². The Labute approximate surface area is 117 Å². The molecule has 2 aliphatic rings. The Morgan fingerprint density at radius 1 is 1.32 bits per heavy atom. The number of ether oxygens (including phenoxy) is 1. The molecule has 19 heavy (non-hydrogen) atoms. The maximum Gasteiger partial charge on any atom is 0.150 e. The average Bonchev–Trinajstić information content (AvgIpc) is 2.35. The fraction of sp³-hybridized carbons (Fsp3) is 0.538. The molecule has 2 heterocycles. The van der Waals surface area contributed by atoms with Crippen LogP contribution in [-0.2, 0) is 9.84 Å². The van der Waals surface area contributed by atoms with Crippen LogP contribution in [0.5, 0.6) is 5.75 Å². The zero-order chi connectivity index (χ0) is 13.7. The Morgan fingerprint density at radius 2 is 2.00 bits per heavy atom. The minimum Gasteiger partial charge on any atom is -0.487 e. The number of benzene rings is 1. The maximum absolute atomic E-state index is 11.5. The summed E-state index contributed by atoms with van der Waals surface area (Å²) in [5, 5.41) is 0.639. The minimum atomic E-state index is -2.90. The summed E-state index contributed by atoms with van der Waals surface area (Å²) < 4.78 is 29.2. The fourth-order valence-corrected chi connectivity index (χ4v) is 4.65. The molecule has 1 spiro atoms. The molecule has 3 rings (SSSR count). The molecule has 2 N–H and O–H groups in total. The number of hydrogen-bond acceptors (Lipinski definition) is 4. The highest BCUT2D eigenvalue weighted by atomic mass is 35.5. The van der Waals surface area contributed by atoms with Crippen molar-refractivity contribution in [3.8, 4) is 5.75 Å².